The first kappa shape index (κ1) is 17.4. The summed E-state index contributed by atoms with van der Waals surface area (Å²) in [6.07, 6.45) is 10.1. The molecular formula is C23H30N2O2. The van der Waals surface area contributed by atoms with Gasteiger partial charge in [0.05, 0.1) is 6.54 Å². The Hall–Kier alpha value is -1.68. The minimum atomic E-state index is 0.217. The van der Waals surface area contributed by atoms with Crippen molar-refractivity contribution < 1.29 is 9.53 Å². The zero-order valence-electron chi connectivity index (χ0n) is 16.1. The average Bonchev–Trinajstić information content (AvgIpc) is 3.14. The molecule has 144 valence electrons. The minimum Gasteiger partial charge on any atom is -0.490 e. The van der Waals surface area contributed by atoms with E-state index in [4.69, 9.17) is 4.74 Å². The van der Waals surface area contributed by atoms with Gasteiger partial charge in [0, 0.05) is 36.7 Å². The number of nitrogens with zero attached hydrogens (tertiary/aromatic N) is 2. The van der Waals surface area contributed by atoms with Crippen molar-refractivity contribution in [2.75, 3.05) is 19.6 Å². The highest BCUT2D eigenvalue weighted by atomic mass is 16.5. The first-order valence-corrected chi connectivity index (χ1v) is 10.9. The number of likely N-dealkylation sites (tertiary alicyclic amines) is 1. The molecule has 0 aromatic heterocycles. The van der Waals surface area contributed by atoms with Gasteiger partial charge in [-0.2, -0.15) is 0 Å². The van der Waals surface area contributed by atoms with E-state index >= 15 is 0 Å². The summed E-state index contributed by atoms with van der Waals surface area (Å²) in [6.45, 7) is 2.73. The number of hydrogen-bond acceptors (Lipinski definition) is 4. The molecule has 0 N–H and O–H groups in total. The van der Waals surface area contributed by atoms with Gasteiger partial charge in [-0.1, -0.05) is 12.8 Å². The standard InChI is InChI=1S/C23H30N2O2/c26-22-15-24-23(21-6-2-5-20(21)22)16-7-9-18(10-8-16)27-19-11-13-25(14-12-19)17-3-1-4-17/h7-10,17,19-21H,1-6,11-15H2. The van der Waals surface area contributed by atoms with Gasteiger partial charge < -0.3 is 9.64 Å². The van der Waals surface area contributed by atoms with Gasteiger partial charge in [0.15, 0.2) is 5.78 Å². The highest BCUT2D eigenvalue weighted by molar-refractivity contribution is 6.08. The highest BCUT2D eigenvalue weighted by Crippen LogP contribution is 2.38. The van der Waals surface area contributed by atoms with E-state index in [-0.39, 0.29) is 5.92 Å². The third-order valence-electron chi connectivity index (χ3n) is 7.21. The van der Waals surface area contributed by atoms with Crippen LogP contribution < -0.4 is 4.74 Å². The van der Waals surface area contributed by atoms with Crippen molar-refractivity contribution in [2.45, 2.75) is 63.5 Å². The van der Waals surface area contributed by atoms with E-state index in [1.165, 1.54) is 37.9 Å². The fraction of sp³-hybridized carbons (Fsp3) is 0.652. The summed E-state index contributed by atoms with van der Waals surface area (Å²) in [7, 11) is 0. The van der Waals surface area contributed by atoms with Crippen LogP contribution in [-0.2, 0) is 4.79 Å². The number of aliphatic imine (C=N–C) groups is 1. The zero-order valence-corrected chi connectivity index (χ0v) is 16.1. The molecule has 2 unspecified atom stereocenters. The molecular weight excluding hydrogens is 336 g/mol. The molecule has 2 heterocycles. The van der Waals surface area contributed by atoms with Crippen LogP contribution >= 0.6 is 0 Å². The molecule has 27 heavy (non-hydrogen) atoms. The minimum absolute atomic E-state index is 0.217. The fourth-order valence-corrected chi connectivity index (χ4v) is 5.38. The van der Waals surface area contributed by atoms with Crippen molar-refractivity contribution in [3.8, 4) is 5.75 Å². The quantitative estimate of drug-likeness (QED) is 0.812. The van der Waals surface area contributed by atoms with Crippen molar-refractivity contribution >= 4 is 11.5 Å². The second-order valence-corrected chi connectivity index (χ2v) is 8.77. The topological polar surface area (TPSA) is 41.9 Å². The molecule has 4 heteroatoms. The van der Waals surface area contributed by atoms with Crippen LogP contribution in [0.15, 0.2) is 29.3 Å². The van der Waals surface area contributed by atoms with Gasteiger partial charge in [0.1, 0.15) is 11.9 Å². The molecule has 1 saturated heterocycles. The van der Waals surface area contributed by atoms with Crippen molar-refractivity contribution in [3.05, 3.63) is 29.8 Å². The summed E-state index contributed by atoms with van der Waals surface area (Å²) in [6, 6.07) is 9.33. The molecule has 2 atom stereocenters. The van der Waals surface area contributed by atoms with E-state index in [1.54, 1.807) is 0 Å². The molecule has 3 fully saturated rings. The lowest BCUT2D eigenvalue weighted by atomic mass is 9.83. The second kappa shape index (κ2) is 7.38. The molecule has 2 aliphatic heterocycles. The molecule has 5 rings (SSSR count). The molecule has 4 aliphatic rings. The Morgan fingerprint density at radius 1 is 0.889 bits per heavy atom. The van der Waals surface area contributed by atoms with Gasteiger partial charge in [0.2, 0.25) is 0 Å². The smallest absolute Gasteiger partial charge is 0.157 e. The van der Waals surface area contributed by atoms with Gasteiger partial charge in [-0.05, 0) is 68.4 Å². The molecule has 0 spiro atoms. The molecule has 0 radical (unpaired) electrons. The number of carbonyl (C=O) groups is 1. The molecule has 0 bridgehead atoms. The van der Waals surface area contributed by atoms with Crippen LogP contribution in [0, 0.1) is 11.8 Å². The summed E-state index contributed by atoms with van der Waals surface area (Å²) in [4.78, 5) is 19.4. The van der Waals surface area contributed by atoms with Gasteiger partial charge >= 0.3 is 0 Å². The summed E-state index contributed by atoms with van der Waals surface area (Å²) >= 11 is 0. The van der Waals surface area contributed by atoms with E-state index < -0.39 is 0 Å². The normalized spacial score (nSPS) is 29.9. The van der Waals surface area contributed by atoms with E-state index in [1.807, 2.05) is 0 Å². The second-order valence-electron chi connectivity index (χ2n) is 8.77. The largest absolute Gasteiger partial charge is 0.490 e. The molecule has 2 aliphatic carbocycles. The first-order chi connectivity index (χ1) is 13.3. The van der Waals surface area contributed by atoms with Crippen molar-refractivity contribution in [2.24, 2.45) is 16.8 Å². The van der Waals surface area contributed by atoms with Gasteiger partial charge in [-0.15, -0.1) is 0 Å². The van der Waals surface area contributed by atoms with Crippen molar-refractivity contribution in [1.29, 1.82) is 0 Å². The number of ether oxygens (including phenoxy) is 1. The Balaban J connectivity index is 1.20. The Kier molecular flexibility index (Phi) is 4.76. The third kappa shape index (κ3) is 3.44. The maximum atomic E-state index is 12.1. The lowest BCUT2D eigenvalue weighted by Crippen LogP contribution is -2.46. The fourth-order valence-electron chi connectivity index (χ4n) is 5.38. The number of hydrogen-bond donors (Lipinski definition) is 0. The lowest BCUT2D eigenvalue weighted by Gasteiger charge is -2.41. The highest BCUT2D eigenvalue weighted by Gasteiger charge is 2.39. The summed E-state index contributed by atoms with van der Waals surface area (Å²) in [5.74, 6) is 1.87. The summed E-state index contributed by atoms with van der Waals surface area (Å²) < 4.78 is 6.26. The Bertz CT molecular complexity index is 714. The predicted octanol–water partition coefficient (Wildman–Crippen LogP) is 3.87. The van der Waals surface area contributed by atoms with Gasteiger partial charge in [0.25, 0.3) is 0 Å². The maximum Gasteiger partial charge on any atom is 0.157 e. The number of Topliss-reactive ketones (excluding diaryl/α,β-unsaturated/α-hetero) is 1. The van der Waals surface area contributed by atoms with Crippen LogP contribution in [0.3, 0.4) is 0 Å². The van der Waals surface area contributed by atoms with Crippen molar-refractivity contribution in [1.82, 2.24) is 4.90 Å². The summed E-state index contributed by atoms with van der Waals surface area (Å²) in [5, 5.41) is 0. The van der Waals surface area contributed by atoms with E-state index in [9.17, 15) is 4.79 Å². The van der Waals surface area contributed by atoms with Crippen LogP contribution in [0.1, 0.15) is 56.9 Å². The van der Waals surface area contributed by atoms with Crippen LogP contribution in [0.4, 0.5) is 0 Å². The molecule has 1 aromatic carbocycles. The first-order valence-electron chi connectivity index (χ1n) is 10.9. The number of fused-ring (bicyclic) bond motifs is 1. The van der Waals surface area contributed by atoms with E-state index in [2.05, 4.69) is 34.2 Å². The average molecular weight is 367 g/mol. The number of benzene rings is 1. The molecule has 4 nitrogen and oxygen atoms in total. The lowest BCUT2D eigenvalue weighted by molar-refractivity contribution is -0.122. The monoisotopic (exact) mass is 366 g/mol. The van der Waals surface area contributed by atoms with E-state index in [0.29, 0.717) is 24.3 Å². The van der Waals surface area contributed by atoms with Crippen LogP contribution in [0.25, 0.3) is 0 Å². The number of carbonyl (C=O) groups excluding carboxylic acids is 1. The van der Waals surface area contributed by atoms with Crippen molar-refractivity contribution in [3.63, 3.8) is 0 Å². The Morgan fingerprint density at radius 3 is 2.30 bits per heavy atom. The van der Waals surface area contributed by atoms with Crippen LogP contribution in [-0.4, -0.2) is 48.2 Å². The van der Waals surface area contributed by atoms with Gasteiger partial charge in [-0.25, -0.2) is 0 Å². The van der Waals surface area contributed by atoms with E-state index in [0.717, 1.165) is 49.6 Å². The molecule has 0 amide bonds. The Labute approximate surface area is 162 Å². The van der Waals surface area contributed by atoms with Crippen LogP contribution in [0.2, 0.25) is 0 Å². The number of rotatable bonds is 4. The maximum absolute atomic E-state index is 12.1. The third-order valence-corrected chi connectivity index (χ3v) is 7.21. The summed E-state index contributed by atoms with van der Waals surface area (Å²) in [5.41, 5.74) is 2.32. The molecule has 1 aromatic rings. The predicted molar refractivity (Wildman–Crippen MR) is 107 cm³/mol. The molecule has 2 saturated carbocycles. The SMILES string of the molecule is O=C1CN=C(c2ccc(OC3CCN(C4CCC4)CC3)cc2)C2CCCC12. The van der Waals surface area contributed by atoms with Gasteiger partial charge in [-0.3, -0.25) is 9.79 Å². The Morgan fingerprint density at radius 2 is 1.59 bits per heavy atom. The number of ketones is 1. The number of piperidine rings is 1. The van der Waals surface area contributed by atoms with Crippen LogP contribution in [0.5, 0.6) is 5.75 Å². The zero-order chi connectivity index (χ0) is 18.2.